The molecule has 6 heteroatoms. The van der Waals surface area contributed by atoms with Crippen LogP contribution >= 0.6 is 0 Å². The van der Waals surface area contributed by atoms with Gasteiger partial charge in [-0.3, -0.25) is 0 Å². The molecule has 2 bridgehead atoms. The monoisotopic (exact) mass is 902 g/mol. The van der Waals surface area contributed by atoms with E-state index in [2.05, 4.69) is 180 Å². The van der Waals surface area contributed by atoms with E-state index in [1.165, 1.54) is 0 Å². The molecule has 2 aromatic heterocycles. The molecule has 0 aliphatic heterocycles. The summed E-state index contributed by atoms with van der Waals surface area (Å²) in [6, 6.07) is 69.7. The number of rotatable bonds is 8. The summed E-state index contributed by atoms with van der Waals surface area (Å²) in [5.41, 5.74) is 14.4. The van der Waals surface area contributed by atoms with Gasteiger partial charge in [-0.25, -0.2) is 4.85 Å². The number of furan rings is 2. The van der Waals surface area contributed by atoms with Crippen molar-refractivity contribution in [3.63, 3.8) is 0 Å². The highest BCUT2D eigenvalue weighted by molar-refractivity contribution is 6.13. The van der Waals surface area contributed by atoms with Crippen LogP contribution in [0, 0.1) is 17.9 Å². The zero-order valence-corrected chi connectivity index (χ0v) is 38.9. The Kier molecular flexibility index (Phi) is 9.38. The lowest BCUT2D eigenvalue weighted by Crippen LogP contribution is -2.46. The maximum atomic E-state index is 12.0. The van der Waals surface area contributed by atoms with Crippen molar-refractivity contribution in [1.82, 2.24) is 0 Å². The summed E-state index contributed by atoms with van der Waals surface area (Å²) in [6.45, 7) is 14.1. The first-order chi connectivity index (χ1) is 34.4. The van der Waals surface area contributed by atoms with Gasteiger partial charge >= 0.3 is 0 Å². The Labute approximate surface area is 406 Å². The normalized spacial score (nSPS) is 17.1. The van der Waals surface area contributed by atoms with Crippen molar-refractivity contribution in [2.24, 2.45) is 0 Å². The minimum absolute atomic E-state index is 0.302. The van der Waals surface area contributed by atoms with Crippen LogP contribution in [-0.4, -0.2) is 0 Å². The Morgan fingerprint density at radius 3 is 1.29 bits per heavy atom. The first-order valence-corrected chi connectivity index (χ1v) is 24.1. The molecule has 2 heterocycles. The summed E-state index contributed by atoms with van der Waals surface area (Å²) < 4.78 is 13.7. The number of fused-ring (bicyclic) bond motifs is 8. The molecule has 1 fully saturated rings. The Morgan fingerprint density at radius 1 is 0.457 bits per heavy atom. The Hall–Kier alpha value is -8.84. The third-order valence-electron chi connectivity index (χ3n) is 15.5. The third-order valence-corrected chi connectivity index (χ3v) is 15.5. The molecule has 0 atom stereocenters. The van der Waals surface area contributed by atoms with E-state index in [1.807, 2.05) is 48.5 Å². The molecule has 1 saturated carbocycles. The number of para-hydroxylation sites is 4. The molecule has 14 rings (SSSR count). The van der Waals surface area contributed by atoms with E-state index in [-0.39, 0.29) is 10.8 Å². The van der Waals surface area contributed by atoms with E-state index in [4.69, 9.17) is 8.83 Å². The molecule has 334 valence electrons. The molecule has 3 aliphatic carbocycles. The van der Waals surface area contributed by atoms with Crippen LogP contribution < -0.4 is 9.80 Å². The van der Waals surface area contributed by atoms with Crippen molar-refractivity contribution in [3.05, 3.63) is 222 Å². The molecule has 0 radical (unpaired) electrons. The van der Waals surface area contributed by atoms with Crippen LogP contribution in [0.2, 0.25) is 0 Å². The van der Waals surface area contributed by atoms with Gasteiger partial charge in [-0.05, 0) is 118 Å². The van der Waals surface area contributed by atoms with Crippen LogP contribution in [-0.2, 0) is 10.8 Å². The maximum Gasteiger partial charge on any atom is 0.230 e. The van der Waals surface area contributed by atoms with E-state index in [9.17, 15) is 11.8 Å². The molecule has 0 unspecified atom stereocenters. The van der Waals surface area contributed by atoms with Gasteiger partial charge < -0.3 is 18.6 Å². The van der Waals surface area contributed by atoms with Gasteiger partial charge in [-0.2, -0.15) is 5.26 Å². The van der Waals surface area contributed by atoms with Crippen LogP contribution in [0.15, 0.2) is 203 Å². The summed E-state index contributed by atoms with van der Waals surface area (Å²) in [7, 11) is 0. The lowest BCUT2D eigenvalue weighted by molar-refractivity contribution is 0.189. The molecule has 0 N–H and O–H groups in total. The van der Waals surface area contributed by atoms with Gasteiger partial charge in [0.15, 0.2) is 11.2 Å². The number of nitriles is 1. The first kappa shape index (κ1) is 41.4. The zero-order chi connectivity index (χ0) is 47.1. The van der Waals surface area contributed by atoms with Gasteiger partial charge in [-0.1, -0.05) is 159 Å². The van der Waals surface area contributed by atoms with Crippen molar-refractivity contribution >= 4 is 83.7 Å². The van der Waals surface area contributed by atoms with E-state index in [1.54, 1.807) is 0 Å². The van der Waals surface area contributed by atoms with E-state index in [0.717, 1.165) is 137 Å². The largest absolute Gasteiger partial charge is 0.454 e. The van der Waals surface area contributed by atoms with Gasteiger partial charge in [0.1, 0.15) is 11.2 Å². The zero-order valence-electron chi connectivity index (χ0n) is 38.9. The van der Waals surface area contributed by atoms with Crippen molar-refractivity contribution in [3.8, 4) is 28.3 Å². The maximum absolute atomic E-state index is 12.0. The van der Waals surface area contributed by atoms with Crippen LogP contribution in [0.25, 0.3) is 71.0 Å². The summed E-state index contributed by atoms with van der Waals surface area (Å²) in [6.07, 6.45) is 3.75. The van der Waals surface area contributed by atoms with Gasteiger partial charge in [0.2, 0.25) is 5.69 Å². The molecule has 70 heavy (non-hydrogen) atoms. The van der Waals surface area contributed by atoms with E-state index in [0.29, 0.717) is 11.3 Å². The van der Waals surface area contributed by atoms with Gasteiger partial charge in [0, 0.05) is 32.9 Å². The summed E-state index contributed by atoms with van der Waals surface area (Å²) in [5.74, 6) is 0. The highest BCUT2D eigenvalue weighted by atomic mass is 16.3. The van der Waals surface area contributed by atoms with Crippen LogP contribution in [0.1, 0.15) is 56.2 Å². The number of hydrogen-bond donors (Lipinski definition) is 0. The number of hydrogen-bond acceptors (Lipinski definition) is 5. The highest BCUT2D eigenvalue weighted by Gasteiger charge is 2.53. The van der Waals surface area contributed by atoms with Crippen molar-refractivity contribution < 1.29 is 8.83 Å². The quantitative estimate of drug-likeness (QED) is 0.142. The van der Waals surface area contributed by atoms with Crippen LogP contribution in [0.4, 0.5) is 39.8 Å². The van der Waals surface area contributed by atoms with Gasteiger partial charge in [0.05, 0.1) is 41.0 Å². The molecule has 9 aromatic carbocycles. The predicted octanol–water partition coefficient (Wildman–Crippen LogP) is 18.3. The molecule has 0 saturated heterocycles. The summed E-state index contributed by atoms with van der Waals surface area (Å²) >= 11 is 0. The topological polar surface area (TPSA) is 60.9 Å². The molecule has 0 spiro atoms. The minimum Gasteiger partial charge on any atom is -0.454 e. The predicted molar refractivity (Wildman–Crippen MR) is 285 cm³/mol. The first-order valence-electron chi connectivity index (χ1n) is 24.1. The average Bonchev–Trinajstić information content (AvgIpc) is 4.00. The van der Waals surface area contributed by atoms with E-state index < -0.39 is 0 Å². The van der Waals surface area contributed by atoms with Crippen molar-refractivity contribution in [2.45, 2.75) is 50.4 Å². The van der Waals surface area contributed by atoms with Crippen LogP contribution in [0.3, 0.4) is 0 Å². The molecule has 11 aromatic rings. The smallest absolute Gasteiger partial charge is 0.230 e. The second kappa shape index (κ2) is 15.9. The second-order valence-corrected chi connectivity index (χ2v) is 19.5. The number of anilines is 6. The Bertz CT molecular complexity index is 3680. The fraction of sp³-hybridized carbons (Fsp3) is 0.125. The van der Waals surface area contributed by atoms with E-state index >= 15 is 0 Å². The second-order valence-electron chi connectivity index (χ2n) is 19.5. The fourth-order valence-electron chi connectivity index (χ4n) is 11.9. The molecule has 6 nitrogen and oxygen atoms in total. The molecule has 0 amide bonds. The number of nitrogens with zero attached hydrogens (tertiary/aromatic N) is 4. The Morgan fingerprint density at radius 2 is 0.843 bits per heavy atom. The average molecular weight is 903 g/mol. The molecule has 3 aliphatic rings. The third kappa shape index (κ3) is 6.23. The summed E-state index contributed by atoms with van der Waals surface area (Å²) in [5, 5.41) is 16.0. The minimum atomic E-state index is -0.346. The van der Waals surface area contributed by atoms with Gasteiger partial charge in [-0.15, -0.1) is 0 Å². The molecular weight excluding hydrogens is 857 g/mol. The standard InChI is InChI=1S/C64H46N4O2/c1-63-36-38-64(2,39-37-63)57-56(63)59(67(45-32-28-43(29-33-45)41-16-6-4-7-17-41)52-24-14-22-49-47-20-10-12-26-54(47)69-61(49)52)51(40-65)58(66-3)60(57)68(46-34-30-44(31-35-46)42-18-8-5-9-19-42)53-25-15-23-50-48-21-11-13-27-55(48)70-62(50)53/h4-35H,36-39H2,1-2H3. The SMILES string of the molecule is [C-]#[N+]c1c(C#N)c(N(c2ccc(-c3ccccc3)cc2)c2cccc3c2oc2ccccc23)c2c(c1N(c1ccc(-c3ccccc3)cc1)c1cccc3c1oc1ccccc13)C1(C)CCC2(C)CC1. The Balaban J connectivity index is 1.15. The molecular formula is C64H46N4O2. The van der Waals surface area contributed by atoms with Gasteiger partial charge in [0.25, 0.3) is 0 Å². The summed E-state index contributed by atoms with van der Waals surface area (Å²) in [4.78, 5) is 9.01. The lowest BCUT2D eigenvalue weighted by Gasteiger charge is -2.55. The van der Waals surface area contributed by atoms with Crippen molar-refractivity contribution in [1.29, 1.82) is 5.26 Å². The highest BCUT2D eigenvalue weighted by Crippen LogP contribution is 2.66. The lowest BCUT2D eigenvalue weighted by atomic mass is 9.51. The van der Waals surface area contributed by atoms with Crippen LogP contribution in [0.5, 0.6) is 0 Å². The van der Waals surface area contributed by atoms with Crippen molar-refractivity contribution in [2.75, 3.05) is 9.80 Å². The number of benzene rings is 9. The fourth-order valence-corrected chi connectivity index (χ4v) is 11.9.